The Morgan fingerprint density at radius 3 is 1.40 bits per heavy atom. The van der Waals surface area contributed by atoms with Gasteiger partial charge >= 0.3 is 0 Å². The molecule has 0 aliphatic carbocycles. The molecule has 2 aromatic carbocycles. The van der Waals surface area contributed by atoms with Crippen molar-refractivity contribution in [2.24, 2.45) is 0 Å². The molecule has 0 heterocycles. The fraction of sp³-hybridized carbons (Fsp3) is 0. The highest BCUT2D eigenvalue weighted by molar-refractivity contribution is 6.11. The van der Waals surface area contributed by atoms with E-state index in [-0.39, 0.29) is 22.3 Å². The highest BCUT2D eigenvalue weighted by atomic mass is 14.5. The minimum absolute atomic E-state index is 0.180. The van der Waals surface area contributed by atoms with Crippen molar-refractivity contribution in [1.82, 2.24) is 0 Å². The van der Waals surface area contributed by atoms with Crippen LogP contribution in [0.5, 0.6) is 0 Å². The van der Waals surface area contributed by atoms with Crippen molar-refractivity contribution in [1.29, 1.82) is 21.0 Å². The van der Waals surface area contributed by atoms with Crippen molar-refractivity contribution >= 4 is 16.8 Å². The lowest BCUT2D eigenvalue weighted by atomic mass is 9.86. The van der Waals surface area contributed by atoms with Crippen molar-refractivity contribution in [3.8, 4) is 24.3 Å². The number of nitrogens with zero attached hydrogens (tertiary/aromatic N) is 4. The molecule has 2 aromatic rings. The van der Waals surface area contributed by atoms with Gasteiger partial charge in [-0.1, -0.05) is 42.5 Å². The minimum Gasteiger partial charge on any atom is -0.399 e. The van der Waals surface area contributed by atoms with Crippen molar-refractivity contribution in [3.63, 3.8) is 0 Å². The SMILES string of the molecule is N#CC(C#N)=C(C(=C(C#N)C#N)c1ccc(N)cc1)c1ccccc1. The van der Waals surface area contributed by atoms with Crippen molar-refractivity contribution in [2.45, 2.75) is 0 Å². The molecular formula is C20H11N5. The Balaban J connectivity index is 2.95. The molecule has 25 heavy (non-hydrogen) atoms. The van der Waals surface area contributed by atoms with Gasteiger partial charge in [-0.2, -0.15) is 21.0 Å². The molecule has 0 atom stereocenters. The van der Waals surface area contributed by atoms with Crippen molar-refractivity contribution in [2.75, 3.05) is 5.73 Å². The lowest BCUT2D eigenvalue weighted by Crippen LogP contribution is -1.98. The monoisotopic (exact) mass is 321 g/mol. The zero-order chi connectivity index (χ0) is 18.2. The molecule has 0 aliphatic rings. The van der Waals surface area contributed by atoms with Gasteiger partial charge in [0.05, 0.1) is 0 Å². The fourth-order valence-electron chi connectivity index (χ4n) is 2.36. The molecule has 0 saturated carbocycles. The van der Waals surface area contributed by atoms with Crippen LogP contribution in [0.1, 0.15) is 11.1 Å². The van der Waals surface area contributed by atoms with Crippen molar-refractivity contribution in [3.05, 3.63) is 76.9 Å². The Labute approximate surface area is 145 Å². The van der Waals surface area contributed by atoms with Crippen molar-refractivity contribution < 1.29 is 0 Å². The third kappa shape index (κ3) is 3.54. The number of rotatable bonds is 3. The van der Waals surface area contributed by atoms with Gasteiger partial charge in [0.25, 0.3) is 0 Å². The van der Waals surface area contributed by atoms with Gasteiger partial charge in [0.1, 0.15) is 35.4 Å². The van der Waals surface area contributed by atoms with E-state index in [1.54, 1.807) is 54.6 Å². The van der Waals surface area contributed by atoms with Crippen LogP contribution in [0.25, 0.3) is 11.1 Å². The minimum atomic E-state index is -0.188. The van der Waals surface area contributed by atoms with E-state index in [1.165, 1.54) is 0 Å². The van der Waals surface area contributed by atoms with Crippen LogP contribution in [0, 0.1) is 45.3 Å². The van der Waals surface area contributed by atoms with E-state index in [9.17, 15) is 21.0 Å². The number of allylic oxidation sites excluding steroid dienone is 4. The van der Waals surface area contributed by atoms with E-state index in [0.29, 0.717) is 16.8 Å². The van der Waals surface area contributed by atoms with E-state index in [4.69, 9.17) is 5.73 Å². The average Bonchev–Trinajstić information content (AvgIpc) is 2.66. The molecule has 2 rings (SSSR count). The smallest absolute Gasteiger partial charge is 0.138 e. The molecule has 0 aromatic heterocycles. The maximum Gasteiger partial charge on any atom is 0.138 e. The summed E-state index contributed by atoms with van der Waals surface area (Å²) in [4.78, 5) is 0. The van der Waals surface area contributed by atoms with Crippen LogP contribution >= 0.6 is 0 Å². The summed E-state index contributed by atoms with van der Waals surface area (Å²) in [6.07, 6.45) is 0. The van der Waals surface area contributed by atoms with Gasteiger partial charge in [-0.15, -0.1) is 0 Å². The van der Waals surface area contributed by atoms with Crippen LogP contribution in [0.4, 0.5) is 5.69 Å². The van der Waals surface area contributed by atoms with Crippen LogP contribution in [-0.2, 0) is 0 Å². The third-order valence-electron chi connectivity index (χ3n) is 3.46. The molecule has 0 aliphatic heterocycles. The number of nitriles is 4. The van der Waals surface area contributed by atoms with E-state index in [2.05, 4.69) is 0 Å². The second-order valence-electron chi connectivity index (χ2n) is 4.94. The van der Waals surface area contributed by atoms with Gasteiger partial charge in [0.2, 0.25) is 0 Å². The molecule has 0 spiro atoms. The summed E-state index contributed by atoms with van der Waals surface area (Å²) in [7, 11) is 0. The third-order valence-corrected chi connectivity index (χ3v) is 3.46. The lowest BCUT2D eigenvalue weighted by molar-refractivity contribution is 1.44. The van der Waals surface area contributed by atoms with Gasteiger partial charge in [-0.3, -0.25) is 0 Å². The van der Waals surface area contributed by atoms with Crippen LogP contribution in [0.15, 0.2) is 65.7 Å². The molecule has 5 heteroatoms. The summed E-state index contributed by atoms with van der Waals surface area (Å²) in [6.45, 7) is 0. The predicted octanol–water partition coefficient (Wildman–Crippen LogP) is 3.57. The maximum absolute atomic E-state index is 9.39. The first kappa shape index (κ1) is 17.0. The number of nitrogen functional groups attached to an aromatic ring is 1. The van der Waals surface area contributed by atoms with E-state index < -0.39 is 0 Å². The number of benzene rings is 2. The molecule has 0 unspecified atom stereocenters. The summed E-state index contributed by atoms with van der Waals surface area (Å²) in [6, 6.07) is 22.7. The van der Waals surface area contributed by atoms with Gasteiger partial charge < -0.3 is 5.73 Å². The summed E-state index contributed by atoms with van der Waals surface area (Å²) in [5, 5.41) is 37.6. The standard InChI is InChI=1S/C20H11N5/c21-10-16(11-22)19(14-4-2-1-3-5-14)20(17(12-23)13-24)15-6-8-18(25)9-7-15/h1-9H,25H2. The quantitative estimate of drug-likeness (QED) is 0.526. The fourth-order valence-corrected chi connectivity index (χ4v) is 2.36. The van der Waals surface area contributed by atoms with Gasteiger partial charge in [0.15, 0.2) is 0 Å². The highest BCUT2D eigenvalue weighted by Crippen LogP contribution is 2.36. The molecule has 0 amide bonds. The Morgan fingerprint density at radius 1 is 0.600 bits per heavy atom. The average molecular weight is 321 g/mol. The molecule has 0 bridgehead atoms. The Morgan fingerprint density at radius 2 is 1.00 bits per heavy atom. The Bertz CT molecular complexity index is 983. The number of hydrogen-bond donors (Lipinski definition) is 1. The topological polar surface area (TPSA) is 121 Å². The summed E-state index contributed by atoms with van der Waals surface area (Å²) in [5.74, 6) is 0. The normalized spacial score (nSPS) is 8.80. The molecule has 5 nitrogen and oxygen atoms in total. The van der Waals surface area contributed by atoms with Crippen LogP contribution < -0.4 is 5.73 Å². The molecule has 0 saturated heterocycles. The van der Waals surface area contributed by atoms with E-state index >= 15 is 0 Å². The lowest BCUT2D eigenvalue weighted by Gasteiger charge is -2.14. The predicted molar refractivity (Wildman–Crippen MR) is 93.6 cm³/mol. The summed E-state index contributed by atoms with van der Waals surface area (Å²) >= 11 is 0. The van der Waals surface area contributed by atoms with Gasteiger partial charge in [-0.05, 0) is 23.3 Å². The van der Waals surface area contributed by atoms with Gasteiger partial charge in [0, 0.05) is 16.8 Å². The number of nitrogens with two attached hydrogens (primary N) is 1. The first-order valence-electron chi connectivity index (χ1n) is 7.17. The highest BCUT2D eigenvalue weighted by Gasteiger charge is 2.20. The van der Waals surface area contributed by atoms with E-state index in [0.717, 1.165) is 0 Å². The maximum atomic E-state index is 9.39. The number of hydrogen-bond acceptors (Lipinski definition) is 5. The Hall–Kier alpha value is -4.32. The Kier molecular flexibility index (Phi) is 5.31. The largest absolute Gasteiger partial charge is 0.399 e. The molecule has 0 fully saturated rings. The van der Waals surface area contributed by atoms with Crippen LogP contribution in [0.2, 0.25) is 0 Å². The molecule has 2 N–H and O–H groups in total. The molecule has 0 radical (unpaired) electrons. The zero-order valence-corrected chi connectivity index (χ0v) is 13.1. The van der Waals surface area contributed by atoms with E-state index in [1.807, 2.05) is 24.3 Å². The first-order chi connectivity index (χ1) is 12.2. The second kappa shape index (κ2) is 7.80. The van der Waals surface area contributed by atoms with Crippen LogP contribution in [-0.4, -0.2) is 0 Å². The molecular weight excluding hydrogens is 310 g/mol. The summed E-state index contributed by atoms with van der Waals surface area (Å²) in [5.41, 5.74) is 7.42. The number of anilines is 1. The molecule has 116 valence electrons. The first-order valence-corrected chi connectivity index (χ1v) is 7.17. The zero-order valence-electron chi connectivity index (χ0n) is 13.1. The van der Waals surface area contributed by atoms with Gasteiger partial charge in [-0.25, -0.2) is 0 Å². The second-order valence-corrected chi connectivity index (χ2v) is 4.94. The summed E-state index contributed by atoms with van der Waals surface area (Å²) < 4.78 is 0. The van der Waals surface area contributed by atoms with Crippen LogP contribution in [0.3, 0.4) is 0 Å².